The lowest BCUT2D eigenvalue weighted by molar-refractivity contribution is -0.125. The maximum absolute atomic E-state index is 11.9. The van der Waals surface area contributed by atoms with E-state index >= 15 is 0 Å². The number of amides is 2. The van der Waals surface area contributed by atoms with E-state index in [9.17, 15) is 9.59 Å². The highest BCUT2D eigenvalue weighted by Gasteiger charge is 2.26. The van der Waals surface area contributed by atoms with Crippen molar-refractivity contribution >= 4 is 11.8 Å². The monoisotopic (exact) mass is 296 g/mol. The van der Waals surface area contributed by atoms with Gasteiger partial charge in [0.15, 0.2) is 0 Å². The lowest BCUT2D eigenvalue weighted by atomic mass is 10.1. The second-order valence-electron chi connectivity index (χ2n) is 5.14. The fraction of sp³-hybridized carbons (Fsp3) is 0.250. The number of aromatic nitrogens is 2. The van der Waals surface area contributed by atoms with E-state index < -0.39 is 6.04 Å². The predicted octanol–water partition coefficient (Wildman–Crippen LogP) is 1.04. The highest BCUT2D eigenvalue weighted by molar-refractivity contribution is 5.90. The fourth-order valence-corrected chi connectivity index (χ4v) is 2.37. The number of benzene rings is 1. The Labute approximate surface area is 128 Å². The minimum absolute atomic E-state index is 0.0754. The van der Waals surface area contributed by atoms with Gasteiger partial charge in [0.25, 0.3) is 0 Å². The number of nitrogens with zero attached hydrogens (tertiary/aromatic N) is 2. The number of nitrogens with one attached hydrogen (secondary N) is 2. The molecule has 3 rings (SSSR count). The van der Waals surface area contributed by atoms with Gasteiger partial charge < -0.3 is 10.6 Å². The van der Waals surface area contributed by atoms with Crippen LogP contribution >= 0.6 is 0 Å². The molecule has 0 bridgehead atoms. The summed E-state index contributed by atoms with van der Waals surface area (Å²) in [4.78, 5) is 31.5. The first kappa shape index (κ1) is 14.2. The van der Waals surface area contributed by atoms with Crippen molar-refractivity contribution in [3.8, 4) is 11.3 Å². The molecule has 2 aromatic rings. The third kappa shape index (κ3) is 3.28. The van der Waals surface area contributed by atoms with E-state index in [1.54, 1.807) is 0 Å². The molecule has 0 saturated carbocycles. The molecule has 6 heteroatoms. The van der Waals surface area contributed by atoms with Crippen molar-refractivity contribution in [3.05, 3.63) is 48.4 Å². The zero-order chi connectivity index (χ0) is 15.4. The topological polar surface area (TPSA) is 84.0 Å². The van der Waals surface area contributed by atoms with E-state index in [1.807, 2.05) is 36.4 Å². The zero-order valence-electron chi connectivity index (χ0n) is 12.0. The van der Waals surface area contributed by atoms with Crippen molar-refractivity contribution in [2.24, 2.45) is 0 Å². The summed E-state index contributed by atoms with van der Waals surface area (Å²) in [5, 5.41) is 5.44. The Hall–Kier alpha value is -2.76. The quantitative estimate of drug-likeness (QED) is 0.883. The number of carbonyl (C=O) groups excluding carboxylic acids is 2. The zero-order valence-corrected chi connectivity index (χ0v) is 12.0. The Kier molecular flexibility index (Phi) is 4.09. The van der Waals surface area contributed by atoms with Crippen LogP contribution in [-0.2, 0) is 16.1 Å². The van der Waals surface area contributed by atoms with Crippen molar-refractivity contribution < 1.29 is 9.59 Å². The molecule has 1 aliphatic rings. The van der Waals surface area contributed by atoms with Crippen LogP contribution in [0.4, 0.5) is 0 Å². The maximum atomic E-state index is 11.9. The van der Waals surface area contributed by atoms with Crippen LogP contribution in [0.15, 0.2) is 42.7 Å². The second-order valence-corrected chi connectivity index (χ2v) is 5.14. The molecular formula is C16H16N4O2. The fourth-order valence-electron chi connectivity index (χ4n) is 2.37. The van der Waals surface area contributed by atoms with Crippen molar-refractivity contribution in [1.29, 1.82) is 0 Å². The molecule has 0 radical (unpaired) electrons. The van der Waals surface area contributed by atoms with Crippen molar-refractivity contribution in [2.45, 2.75) is 25.4 Å². The van der Waals surface area contributed by atoms with Crippen molar-refractivity contribution in [2.75, 3.05) is 0 Å². The first-order valence-electron chi connectivity index (χ1n) is 7.16. The molecule has 112 valence electrons. The molecule has 1 atom stereocenters. The van der Waals surface area contributed by atoms with Gasteiger partial charge in [-0.25, -0.2) is 9.97 Å². The number of hydrogen-bond acceptors (Lipinski definition) is 4. The molecule has 1 unspecified atom stereocenters. The summed E-state index contributed by atoms with van der Waals surface area (Å²) in [5.74, 6) is -0.251. The van der Waals surface area contributed by atoms with Gasteiger partial charge in [0, 0.05) is 12.0 Å². The lowest BCUT2D eigenvalue weighted by Crippen LogP contribution is -2.41. The van der Waals surface area contributed by atoms with Crippen LogP contribution in [0.2, 0.25) is 0 Å². The summed E-state index contributed by atoms with van der Waals surface area (Å²) in [6, 6.07) is 11.2. The molecule has 0 spiro atoms. The van der Waals surface area contributed by atoms with E-state index in [4.69, 9.17) is 0 Å². The second kappa shape index (κ2) is 6.34. The van der Waals surface area contributed by atoms with E-state index in [1.165, 1.54) is 6.33 Å². The summed E-state index contributed by atoms with van der Waals surface area (Å²) < 4.78 is 0. The van der Waals surface area contributed by atoms with Gasteiger partial charge in [0.2, 0.25) is 11.8 Å². The molecule has 22 heavy (non-hydrogen) atoms. The molecule has 0 aliphatic carbocycles. The largest absolute Gasteiger partial charge is 0.349 e. The van der Waals surface area contributed by atoms with Gasteiger partial charge in [-0.2, -0.15) is 0 Å². The Morgan fingerprint density at radius 3 is 2.82 bits per heavy atom. The molecule has 2 amide bonds. The van der Waals surface area contributed by atoms with Crippen LogP contribution in [0.5, 0.6) is 0 Å². The molecule has 1 saturated heterocycles. The molecular weight excluding hydrogens is 280 g/mol. The van der Waals surface area contributed by atoms with E-state index in [-0.39, 0.29) is 11.8 Å². The number of hydrogen-bond donors (Lipinski definition) is 2. The highest BCUT2D eigenvalue weighted by atomic mass is 16.2. The van der Waals surface area contributed by atoms with Gasteiger partial charge in [0.05, 0.1) is 17.9 Å². The Morgan fingerprint density at radius 2 is 2.09 bits per heavy atom. The molecule has 1 fully saturated rings. The highest BCUT2D eigenvalue weighted by Crippen LogP contribution is 2.16. The van der Waals surface area contributed by atoms with Gasteiger partial charge in [-0.1, -0.05) is 30.3 Å². The average Bonchev–Trinajstić information content (AvgIpc) is 3.00. The van der Waals surface area contributed by atoms with Crippen molar-refractivity contribution in [3.63, 3.8) is 0 Å². The maximum Gasteiger partial charge on any atom is 0.242 e. The summed E-state index contributed by atoms with van der Waals surface area (Å²) >= 11 is 0. The van der Waals surface area contributed by atoms with E-state index in [0.717, 1.165) is 17.0 Å². The van der Waals surface area contributed by atoms with Crippen LogP contribution in [0.25, 0.3) is 11.3 Å². The first-order valence-corrected chi connectivity index (χ1v) is 7.16. The van der Waals surface area contributed by atoms with Crippen molar-refractivity contribution in [1.82, 2.24) is 20.6 Å². The van der Waals surface area contributed by atoms with Gasteiger partial charge in [-0.15, -0.1) is 0 Å². The molecule has 2 N–H and O–H groups in total. The Bertz CT molecular complexity index is 688. The van der Waals surface area contributed by atoms with Crippen LogP contribution in [0, 0.1) is 0 Å². The van der Waals surface area contributed by atoms with E-state index in [2.05, 4.69) is 20.6 Å². The third-order valence-electron chi connectivity index (χ3n) is 3.55. The Balaban J connectivity index is 1.64. The predicted molar refractivity (Wildman–Crippen MR) is 80.5 cm³/mol. The smallest absolute Gasteiger partial charge is 0.242 e. The standard InChI is InChI=1S/C16H16N4O2/c21-15-7-6-13(20-15)16(22)17-9-12-8-14(19-10-18-12)11-4-2-1-3-5-11/h1-5,8,10,13H,6-7,9H2,(H,17,22)(H,20,21). The van der Waals surface area contributed by atoms with E-state index in [0.29, 0.717) is 19.4 Å². The summed E-state index contributed by atoms with van der Waals surface area (Å²) in [6.07, 6.45) is 2.44. The molecule has 1 aromatic carbocycles. The van der Waals surface area contributed by atoms with Gasteiger partial charge in [-0.3, -0.25) is 9.59 Å². The SMILES string of the molecule is O=C1CCC(C(=O)NCc2cc(-c3ccccc3)ncn2)N1. The van der Waals surface area contributed by atoms with Gasteiger partial charge in [0.1, 0.15) is 12.4 Å². The van der Waals surface area contributed by atoms with Crippen LogP contribution in [0.1, 0.15) is 18.5 Å². The molecule has 1 aromatic heterocycles. The molecule has 2 heterocycles. The average molecular weight is 296 g/mol. The normalized spacial score (nSPS) is 17.1. The molecule has 1 aliphatic heterocycles. The van der Waals surface area contributed by atoms with Gasteiger partial charge >= 0.3 is 0 Å². The summed E-state index contributed by atoms with van der Waals surface area (Å²) in [5.41, 5.74) is 2.54. The summed E-state index contributed by atoms with van der Waals surface area (Å²) in [6.45, 7) is 0.313. The number of carbonyl (C=O) groups is 2. The van der Waals surface area contributed by atoms with Crippen LogP contribution in [-0.4, -0.2) is 27.8 Å². The third-order valence-corrected chi connectivity index (χ3v) is 3.55. The van der Waals surface area contributed by atoms with Gasteiger partial charge in [-0.05, 0) is 12.5 Å². The lowest BCUT2D eigenvalue weighted by Gasteiger charge is -2.10. The minimum atomic E-state index is -0.428. The van der Waals surface area contributed by atoms with Crippen LogP contribution in [0.3, 0.4) is 0 Å². The first-order chi connectivity index (χ1) is 10.7. The Morgan fingerprint density at radius 1 is 1.27 bits per heavy atom. The van der Waals surface area contributed by atoms with Crippen LogP contribution < -0.4 is 10.6 Å². The summed E-state index contributed by atoms with van der Waals surface area (Å²) in [7, 11) is 0. The minimum Gasteiger partial charge on any atom is -0.349 e. The molecule has 6 nitrogen and oxygen atoms in total. The number of rotatable bonds is 4.